The third kappa shape index (κ3) is 7.01. The van der Waals surface area contributed by atoms with E-state index in [1.54, 1.807) is 0 Å². The molecule has 0 aromatic heterocycles. The molecule has 2 heterocycles. The molecule has 2 saturated heterocycles. The SMILES string of the molecule is O=C1CCCSCC1.O=C1CCSCC1. The van der Waals surface area contributed by atoms with Crippen molar-refractivity contribution in [2.24, 2.45) is 0 Å². The molecule has 0 aromatic carbocycles. The maximum absolute atomic E-state index is 10.7. The van der Waals surface area contributed by atoms with E-state index in [1.807, 2.05) is 23.5 Å². The maximum Gasteiger partial charge on any atom is 0.134 e. The highest BCUT2D eigenvalue weighted by Gasteiger charge is 2.06. The van der Waals surface area contributed by atoms with E-state index in [0.29, 0.717) is 11.6 Å². The molecule has 2 fully saturated rings. The molecule has 4 heteroatoms. The average Bonchev–Trinajstić information content (AvgIpc) is 2.48. The van der Waals surface area contributed by atoms with Crippen molar-refractivity contribution in [1.29, 1.82) is 0 Å². The Hall–Kier alpha value is 0.0400. The molecule has 0 radical (unpaired) electrons. The topological polar surface area (TPSA) is 34.1 Å². The number of carbonyl (C=O) groups excluding carboxylic acids is 2. The van der Waals surface area contributed by atoms with Crippen LogP contribution in [0.25, 0.3) is 0 Å². The zero-order valence-corrected chi connectivity index (χ0v) is 10.6. The smallest absolute Gasteiger partial charge is 0.134 e. The molecule has 0 N–H and O–H groups in total. The van der Waals surface area contributed by atoms with Gasteiger partial charge in [0, 0.05) is 42.9 Å². The summed E-state index contributed by atoms with van der Waals surface area (Å²) in [6.45, 7) is 0. The predicted molar refractivity (Wildman–Crippen MR) is 67.7 cm³/mol. The van der Waals surface area contributed by atoms with Gasteiger partial charge in [0.25, 0.3) is 0 Å². The quantitative estimate of drug-likeness (QED) is 0.658. The Labute approximate surface area is 100.0 Å². The average molecular weight is 246 g/mol. The Bertz CT molecular complexity index is 199. The minimum Gasteiger partial charge on any atom is -0.300 e. The van der Waals surface area contributed by atoms with E-state index >= 15 is 0 Å². The van der Waals surface area contributed by atoms with Crippen LogP contribution >= 0.6 is 23.5 Å². The second kappa shape index (κ2) is 8.22. The fourth-order valence-electron chi connectivity index (χ4n) is 1.38. The number of hydrogen-bond donors (Lipinski definition) is 0. The zero-order chi connectivity index (χ0) is 10.9. The Morgan fingerprint density at radius 1 is 0.667 bits per heavy atom. The van der Waals surface area contributed by atoms with Crippen molar-refractivity contribution in [1.82, 2.24) is 0 Å². The lowest BCUT2D eigenvalue weighted by Crippen LogP contribution is -2.06. The third-order valence-electron chi connectivity index (χ3n) is 2.32. The fourth-order valence-corrected chi connectivity index (χ4v) is 3.26. The summed E-state index contributed by atoms with van der Waals surface area (Å²) in [5, 5.41) is 0. The van der Waals surface area contributed by atoms with Gasteiger partial charge in [-0.3, -0.25) is 9.59 Å². The summed E-state index contributed by atoms with van der Waals surface area (Å²) in [6, 6.07) is 0. The molecule has 0 aromatic rings. The number of rotatable bonds is 0. The minimum atomic E-state index is 0.443. The van der Waals surface area contributed by atoms with Gasteiger partial charge in [0.1, 0.15) is 11.6 Å². The van der Waals surface area contributed by atoms with E-state index in [1.165, 1.54) is 5.75 Å². The van der Waals surface area contributed by atoms with Crippen molar-refractivity contribution in [2.75, 3.05) is 23.0 Å². The third-order valence-corrected chi connectivity index (χ3v) is 4.38. The minimum absolute atomic E-state index is 0.443. The van der Waals surface area contributed by atoms with Crippen molar-refractivity contribution >= 4 is 35.1 Å². The summed E-state index contributed by atoms with van der Waals surface area (Å²) < 4.78 is 0. The van der Waals surface area contributed by atoms with Crippen molar-refractivity contribution in [3.63, 3.8) is 0 Å². The lowest BCUT2D eigenvalue weighted by molar-refractivity contribution is -0.119. The first kappa shape index (κ1) is 13.1. The van der Waals surface area contributed by atoms with E-state index in [-0.39, 0.29) is 0 Å². The van der Waals surface area contributed by atoms with Crippen LogP contribution in [0.4, 0.5) is 0 Å². The second-order valence-corrected chi connectivity index (χ2v) is 6.11. The Morgan fingerprint density at radius 2 is 1.13 bits per heavy atom. The van der Waals surface area contributed by atoms with E-state index in [4.69, 9.17) is 0 Å². The number of carbonyl (C=O) groups is 2. The first-order chi connectivity index (χ1) is 7.29. The summed E-state index contributed by atoms with van der Waals surface area (Å²) >= 11 is 3.78. The maximum atomic E-state index is 10.7. The molecule has 86 valence electrons. The van der Waals surface area contributed by atoms with Crippen molar-refractivity contribution < 1.29 is 9.59 Å². The van der Waals surface area contributed by atoms with Gasteiger partial charge >= 0.3 is 0 Å². The van der Waals surface area contributed by atoms with Gasteiger partial charge in [-0.1, -0.05) is 0 Å². The van der Waals surface area contributed by atoms with Gasteiger partial charge in [-0.05, 0) is 12.2 Å². The monoisotopic (exact) mass is 246 g/mol. The highest BCUT2D eigenvalue weighted by Crippen LogP contribution is 2.13. The van der Waals surface area contributed by atoms with Crippen LogP contribution in [0, 0.1) is 0 Å². The lowest BCUT2D eigenvalue weighted by Gasteiger charge is -2.05. The molecule has 2 rings (SSSR count). The molecule has 2 aliphatic heterocycles. The molecule has 0 atom stereocenters. The van der Waals surface area contributed by atoms with Crippen LogP contribution in [-0.4, -0.2) is 34.6 Å². The van der Waals surface area contributed by atoms with E-state index in [0.717, 1.165) is 49.4 Å². The van der Waals surface area contributed by atoms with Crippen LogP contribution < -0.4 is 0 Å². The van der Waals surface area contributed by atoms with E-state index in [2.05, 4.69) is 0 Å². The Balaban J connectivity index is 0.000000151. The van der Waals surface area contributed by atoms with Crippen LogP contribution in [0.2, 0.25) is 0 Å². The molecule has 0 saturated carbocycles. The first-order valence-electron chi connectivity index (χ1n) is 5.48. The Kier molecular flexibility index (Phi) is 7.18. The predicted octanol–water partition coefficient (Wildman–Crippen LogP) is 2.56. The standard InChI is InChI=1S/C6H10OS.C5H8OS/c7-6-2-1-4-8-5-3-6;6-5-1-3-7-4-2-5/h1-5H2;1-4H2. The van der Waals surface area contributed by atoms with Crippen molar-refractivity contribution in [2.45, 2.75) is 32.1 Å². The summed E-state index contributed by atoms with van der Waals surface area (Å²) in [4.78, 5) is 21.1. The molecule has 15 heavy (non-hydrogen) atoms. The van der Waals surface area contributed by atoms with Gasteiger partial charge in [0.2, 0.25) is 0 Å². The molecule has 0 spiro atoms. The van der Waals surface area contributed by atoms with Crippen LogP contribution in [0.5, 0.6) is 0 Å². The molecule has 0 amide bonds. The van der Waals surface area contributed by atoms with Gasteiger partial charge in [-0.25, -0.2) is 0 Å². The first-order valence-corrected chi connectivity index (χ1v) is 7.79. The van der Waals surface area contributed by atoms with Gasteiger partial charge < -0.3 is 0 Å². The fraction of sp³-hybridized carbons (Fsp3) is 0.818. The molecular formula is C11H18O2S2. The molecular weight excluding hydrogens is 228 g/mol. The molecule has 0 aliphatic carbocycles. The van der Waals surface area contributed by atoms with Gasteiger partial charge in [-0.2, -0.15) is 23.5 Å². The number of Topliss-reactive ketones (excluding diaryl/α,β-unsaturated/α-hetero) is 2. The molecule has 2 aliphatic rings. The lowest BCUT2D eigenvalue weighted by atomic mass is 10.2. The van der Waals surface area contributed by atoms with E-state index in [9.17, 15) is 9.59 Å². The highest BCUT2D eigenvalue weighted by atomic mass is 32.2. The highest BCUT2D eigenvalue weighted by molar-refractivity contribution is 7.99. The molecule has 2 nitrogen and oxygen atoms in total. The summed E-state index contributed by atoms with van der Waals surface area (Å²) in [5.74, 6) is 5.25. The van der Waals surface area contributed by atoms with Crippen molar-refractivity contribution in [3.05, 3.63) is 0 Å². The van der Waals surface area contributed by atoms with Crippen LogP contribution in [0.15, 0.2) is 0 Å². The zero-order valence-electron chi connectivity index (χ0n) is 9.00. The molecule has 0 bridgehead atoms. The van der Waals surface area contributed by atoms with Crippen molar-refractivity contribution in [3.8, 4) is 0 Å². The van der Waals surface area contributed by atoms with Gasteiger partial charge in [0.05, 0.1) is 0 Å². The van der Waals surface area contributed by atoms with Gasteiger partial charge in [-0.15, -0.1) is 0 Å². The summed E-state index contributed by atoms with van der Waals surface area (Å²) in [6.07, 6.45) is 4.36. The summed E-state index contributed by atoms with van der Waals surface area (Å²) in [5.41, 5.74) is 0. The van der Waals surface area contributed by atoms with Crippen LogP contribution in [0.1, 0.15) is 32.1 Å². The second-order valence-electron chi connectivity index (χ2n) is 3.66. The number of ketones is 2. The largest absolute Gasteiger partial charge is 0.300 e. The normalized spacial score (nSPS) is 22.7. The van der Waals surface area contributed by atoms with E-state index < -0.39 is 0 Å². The van der Waals surface area contributed by atoms with Crippen LogP contribution in [-0.2, 0) is 9.59 Å². The molecule has 0 unspecified atom stereocenters. The van der Waals surface area contributed by atoms with Gasteiger partial charge in [0.15, 0.2) is 0 Å². The van der Waals surface area contributed by atoms with Crippen LogP contribution in [0.3, 0.4) is 0 Å². The summed E-state index contributed by atoms with van der Waals surface area (Å²) in [7, 11) is 0. The Morgan fingerprint density at radius 3 is 1.67 bits per heavy atom. The number of hydrogen-bond acceptors (Lipinski definition) is 4. The number of thioether (sulfide) groups is 2.